The summed E-state index contributed by atoms with van der Waals surface area (Å²) in [5.74, 6) is 1.30. The molecule has 1 aliphatic rings. The van der Waals surface area contributed by atoms with Crippen LogP contribution in [0.3, 0.4) is 0 Å². The summed E-state index contributed by atoms with van der Waals surface area (Å²) >= 11 is 0. The highest BCUT2D eigenvalue weighted by molar-refractivity contribution is 7.87. The molecule has 0 unspecified atom stereocenters. The summed E-state index contributed by atoms with van der Waals surface area (Å²) in [5.41, 5.74) is 0. The van der Waals surface area contributed by atoms with Crippen molar-refractivity contribution in [2.75, 3.05) is 0 Å². The molecule has 0 bridgehead atoms. The van der Waals surface area contributed by atoms with Crippen molar-refractivity contribution in [2.24, 2.45) is 17.0 Å². The SMILES string of the molecule is CC(C)C1CC(NS(N)(=O)=O)C1. The van der Waals surface area contributed by atoms with Gasteiger partial charge in [-0.15, -0.1) is 0 Å². The fourth-order valence-electron chi connectivity index (χ4n) is 1.53. The van der Waals surface area contributed by atoms with Crippen LogP contribution in [0.4, 0.5) is 0 Å². The van der Waals surface area contributed by atoms with E-state index in [1.807, 2.05) is 0 Å². The van der Waals surface area contributed by atoms with Gasteiger partial charge in [-0.2, -0.15) is 13.1 Å². The van der Waals surface area contributed by atoms with Crippen molar-refractivity contribution in [3.05, 3.63) is 0 Å². The average molecular weight is 192 g/mol. The van der Waals surface area contributed by atoms with Crippen LogP contribution in [0.2, 0.25) is 0 Å². The molecule has 1 fully saturated rings. The molecule has 0 saturated heterocycles. The molecule has 0 aromatic carbocycles. The number of rotatable bonds is 3. The first-order chi connectivity index (χ1) is 5.38. The van der Waals surface area contributed by atoms with Crippen LogP contribution in [-0.2, 0) is 10.2 Å². The van der Waals surface area contributed by atoms with E-state index in [1.54, 1.807) is 0 Å². The molecular formula is C7H16N2O2S. The first-order valence-electron chi connectivity index (χ1n) is 4.18. The summed E-state index contributed by atoms with van der Waals surface area (Å²) in [7, 11) is -3.48. The zero-order valence-corrected chi connectivity index (χ0v) is 8.26. The standard InChI is InChI=1S/C7H16N2O2S/c1-5(2)6-3-7(4-6)9-12(8,10)11/h5-7,9H,3-4H2,1-2H3,(H2,8,10,11). The van der Waals surface area contributed by atoms with E-state index in [0.29, 0.717) is 11.8 Å². The van der Waals surface area contributed by atoms with Gasteiger partial charge in [-0.25, -0.2) is 5.14 Å². The summed E-state index contributed by atoms with van der Waals surface area (Å²) in [6.45, 7) is 4.30. The normalized spacial score (nSPS) is 30.3. The molecule has 0 aromatic rings. The zero-order chi connectivity index (χ0) is 9.35. The fraction of sp³-hybridized carbons (Fsp3) is 1.00. The number of nitrogens with two attached hydrogens (primary N) is 1. The lowest BCUT2D eigenvalue weighted by molar-refractivity contribution is 0.187. The Morgan fingerprint density at radius 3 is 2.25 bits per heavy atom. The van der Waals surface area contributed by atoms with Crippen molar-refractivity contribution < 1.29 is 8.42 Å². The van der Waals surface area contributed by atoms with Crippen molar-refractivity contribution >= 4 is 10.2 Å². The van der Waals surface area contributed by atoms with Gasteiger partial charge < -0.3 is 0 Å². The molecule has 0 aromatic heterocycles. The Balaban J connectivity index is 2.27. The lowest BCUT2D eigenvalue weighted by Crippen LogP contribution is -2.47. The minimum absolute atomic E-state index is 0.0763. The van der Waals surface area contributed by atoms with E-state index in [2.05, 4.69) is 18.6 Å². The van der Waals surface area contributed by atoms with E-state index in [4.69, 9.17) is 5.14 Å². The van der Waals surface area contributed by atoms with Crippen molar-refractivity contribution in [3.8, 4) is 0 Å². The topological polar surface area (TPSA) is 72.2 Å². The van der Waals surface area contributed by atoms with Gasteiger partial charge in [0.2, 0.25) is 0 Å². The van der Waals surface area contributed by atoms with E-state index in [9.17, 15) is 8.42 Å². The van der Waals surface area contributed by atoms with Crippen molar-refractivity contribution in [1.82, 2.24) is 4.72 Å². The average Bonchev–Trinajstić information content (AvgIpc) is 1.74. The summed E-state index contributed by atoms with van der Waals surface area (Å²) in [4.78, 5) is 0. The van der Waals surface area contributed by atoms with E-state index in [0.717, 1.165) is 12.8 Å². The van der Waals surface area contributed by atoms with Crippen molar-refractivity contribution in [3.63, 3.8) is 0 Å². The minimum Gasteiger partial charge on any atom is -0.216 e. The van der Waals surface area contributed by atoms with Crippen molar-refractivity contribution in [1.29, 1.82) is 0 Å². The second-order valence-corrected chi connectivity index (χ2v) is 5.16. The molecule has 72 valence electrons. The third kappa shape index (κ3) is 2.73. The lowest BCUT2D eigenvalue weighted by Gasteiger charge is -2.37. The predicted molar refractivity (Wildman–Crippen MR) is 47.6 cm³/mol. The van der Waals surface area contributed by atoms with Crippen LogP contribution in [0.25, 0.3) is 0 Å². The molecule has 0 radical (unpaired) electrons. The molecule has 5 heteroatoms. The predicted octanol–water partition coefficient (Wildman–Crippen LogP) is 0.214. The van der Waals surface area contributed by atoms with E-state index >= 15 is 0 Å². The molecule has 0 aliphatic heterocycles. The Labute approximate surface area is 73.7 Å². The Bertz CT molecular complexity index is 242. The third-order valence-corrected chi connectivity index (χ3v) is 3.11. The van der Waals surface area contributed by atoms with Gasteiger partial charge in [-0.1, -0.05) is 13.8 Å². The lowest BCUT2D eigenvalue weighted by atomic mass is 9.74. The summed E-state index contributed by atoms with van der Waals surface area (Å²) in [6, 6.07) is 0.0763. The Hall–Kier alpha value is -0.130. The summed E-state index contributed by atoms with van der Waals surface area (Å²) in [5, 5.41) is 4.83. The van der Waals surface area contributed by atoms with Crippen LogP contribution in [0.1, 0.15) is 26.7 Å². The first-order valence-corrected chi connectivity index (χ1v) is 5.73. The second kappa shape index (κ2) is 3.32. The Morgan fingerprint density at radius 2 is 1.92 bits per heavy atom. The highest BCUT2D eigenvalue weighted by Crippen LogP contribution is 2.33. The van der Waals surface area contributed by atoms with E-state index < -0.39 is 10.2 Å². The molecule has 1 rings (SSSR count). The van der Waals surface area contributed by atoms with Gasteiger partial charge in [-0.05, 0) is 24.7 Å². The summed E-state index contributed by atoms with van der Waals surface area (Å²) in [6.07, 6.45) is 1.85. The molecule has 0 heterocycles. The fourth-order valence-corrected chi connectivity index (χ4v) is 2.19. The maximum atomic E-state index is 10.6. The molecule has 4 nitrogen and oxygen atoms in total. The van der Waals surface area contributed by atoms with Crippen LogP contribution >= 0.6 is 0 Å². The van der Waals surface area contributed by atoms with Gasteiger partial charge >= 0.3 is 0 Å². The second-order valence-electron chi connectivity index (χ2n) is 3.84. The smallest absolute Gasteiger partial charge is 0.216 e. The minimum atomic E-state index is -3.48. The molecule has 0 atom stereocenters. The molecule has 12 heavy (non-hydrogen) atoms. The van der Waals surface area contributed by atoms with Crippen LogP contribution in [0, 0.1) is 11.8 Å². The Morgan fingerprint density at radius 1 is 1.42 bits per heavy atom. The van der Waals surface area contributed by atoms with E-state index in [1.165, 1.54) is 0 Å². The third-order valence-electron chi connectivity index (χ3n) is 2.45. The largest absolute Gasteiger partial charge is 0.274 e. The quantitative estimate of drug-likeness (QED) is 0.671. The highest BCUT2D eigenvalue weighted by Gasteiger charge is 2.32. The first kappa shape index (κ1) is 9.95. The molecule has 0 spiro atoms. The molecule has 3 N–H and O–H groups in total. The maximum absolute atomic E-state index is 10.6. The van der Waals surface area contributed by atoms with Crippen LogP contribution in [-0.4, -0.2) is 14.5 Å². The van der Waals surface area contributed by atoms with Gasteiger partial charge in [0.1, 0.15) is 0 Å². The van der Waals surface area contributed by atoms with Gasteiger partial charge in [0, 0.05) is 6.04 Å². The highest BCUT2D eigenvalue weighted by atomic mass is 32.2. The molecule has 1 saturated carbocycles. The molecule has 0 amide bonds. The van der Waals surface area contributed by atoms with Crippen LogP contribution in [0.15, 0.2) is 0 Å². The van der Waals surface area contributed by atoms with Gasteiger partial charge in [0.25, 0.3) is 10.2 Å². The Kier molecular flexibility index (Phi) is 2.75. The van der Waals surface area contributed by atoms with Crippen LogP contribution in [0.5, 0.6) is 0 Å². The van der Waals surface area contributed by atoms with E-state index in [-0.39, 0.29) is 6.04 Å². The number of nitrogens with one attached hydrogen (secondary N) is 1. The number of hydrogen-bond donors (Lipinski definition) is 2. The van der Waals surface area contributed by atoms with Crippen molar-refractivity contribution in [2.45, 2.75) is 32.7 Å². The van der Waals surface area contributed by atoms with Gasteiger partial charge in [0.05, 0.1) is 0 Å². The monoisotopic (exact) mass is 192 g/mol. The van der Waals surface area contributed by atoms with Gasteiger partial charge in [0.15, 0.2) is 0 Å². The summed E-state index contributed by atoms with van der Waals surface area (Å²) < 4.78 is 23.5. The van der Waals surface area contributed by atoms with Crippen LogP contribution < -0.4 is 9.86 Å². The zero-order valence-electron chi connectivity index (χ0n) is 7.45. The maximum Gasteiger partial charge on any atom is 0.274 e. The number of hydrogen-bond acceptors (Lipinski definition) is 2. The molecular weight excluding hydrogens is 176 g/mol. The van der Waals surface area contributed by atoms with Gasteiger partial charge in [-0.3, -0.25) is 0 Å². The molecule has 1 aliphatic carbocycles.